The van der Waals surface area contributed by atoms with Crippen LogP contribution in [0.15, 0.2) is 30.3 Å². The Kier molecular flexibility index (Phi) is 3.37. The number of hydrogen-bond donors (Lipinski definition) is 1. The SMILES string of the molecule is C#CCC[C@H](O)c1ccccc1. The van der Waals surface area contributed by atoms with E-state index in [0.29, 0.717) is 12.8 Å². The minimum atomic E-state index is -0.415. The van der Waals surface area contributed by atoms with E-state index < -0.39 is 6.10 Å². The van der Waals surface area contributed by atoms with E-state index >= 15 is 0 Å². The Bertz CT molecular complexity index is 258. The average molecular weight is 160 g/mol. The third-order valence-electron chi connectivity index (χ3n) is 1.75. The zero-order chi connectivity index (χ0) is 8.81. The van der Waals surface area contributed by atoms with E-state index in [0.717, 1.165) is 5.56 Å². The number of terminal acetylenes is 1. The maximum atomic E-state index is 9.56. The first-order chi connectivity index (χ1) is 5.84. The van der Waals surface area contributed by atoms with Crippen LogP contribution in [0.1, 0.15) is 24.5 Å². The van der Waals surface area contributed by atoms with Gasteiger partial charge in [0.25, 0.3) is 0 Å². The van der Waals surface area contributed by atoms with Gasteiger partial charge in [0.05, 0.1) is 6.10 Å². The normalized spacial score (nSPS) is 12.0. The molecule has 0 unspecified atom stereocenters. The molecule has 0 radical (unpaired) electrons. The lowest BCUT2D eigenvalue weighted by Crippen LogP contribution is -1.95. The van der Waals surface area contributed by atoms with Crippen LogP contribution in [0, 0.1) is 12.3 Å². The predicted octanol–water partition coefficient (Wildman–Crippen LogP) is 2.13. The molecule has 12 heavy (non-hydrogen) atoms. The fourth-order valence-electron chi connectivity index (χ4n) is 1.06. The van der Waals surface area contributed by atoms with E-state index in [1.807, 2.05) is 30.3 Å². The Hall–Kier alpha value is -1.26. The van der Waals surface area contributed by atoms with Crippen molar-refractivity contribution in [1.82, 2.24) is 0 Å². The molecule has 1 N–H and O–H groups in total. The molecule has 0 aliphatic rings. The maximum absolute atomic E-state index is 9.56. The van der Waals surface area contributed by atoms with Gasteiger partial charge in [-0.1, -0.05) is 30.3 Å². The van der Waals surface area contributed by atoms with Crippen LogP contribution in [0.4, 0.5) is 0 Å². The highest BCUT2D eigenvalue weighted by Crippen LogP contribution is 2.16. The standard InChI is InChI=1S/C11H12O/c1-2-3-9-11(12)10-7-5-4-6-8-10/h1,4-8,11-12H,3,9H2/t11-/m0/s1. The van der Waals surface area contributed by atoms with Crippen molar-refractivity contribution >= 4 is 0 Å². The molecule has 0 saturated carbocycles. The largest absolute Gasteiger partial charge is 0.388 e. The van der Waals surface area contributed by atoms with Gasteiger partial charge in [-0.05, 0) is 12.0 Å². The molecule has 0 spiro atoms. The molecule has 0 saturated heterocycles. The highest BCUT2D eigenvalue weighted by atomic mass is 16.3. The zero-order valence-electron chi connectivity index (χ0n) is 6.90. The molecule has 1 atom stereocenters. The Morgan fingerprint density at radius 2 is 2.00 bits per heavy atom. The van der Waals surface area contributed by atoms with Crippen LogP contribution in [0.5, 0.6) is 0 Å². The molecule has 1 nitrogen and oxygen atoms in total. The first kappa shape index (κ1) is 8.83. The van der Waals surface area contributed by atoms with E-state index in [1.165, 1.54) is 0 Å². The first-order valence-electron chi connectivity index (χ1n) is 4.01. The quantitative estimate of drug-likeness (QED) is 0.671. The molecule has 0 aromatic heterocycles. The van der Waals surface area contributed by atoms with Gasteiger partial charge in [0.1, 0.15) is 0 Å². The third kappa shape index (κ3) is 2.41. The van der Waals surface area contributed by atoms with Gasteiger partial charge in [0.2, 0.25) is 0 Å². The summed E-state index contributed by atoms with van der Waals surface area (Å²) in [5.74, 6) is 2.51. The number of aliphatic hydroxyl groups excluding tert-OH is 1. The minimum Gasteiger partial charge on any atom is -0.388 e. The van der Waals surface area contributed by atoms with Crippen LogP contribution in [0.25, 0.3) is 0 Å². The summed E-state index contributed by atoms with van der Waals surface area (Å²) in [6.07, 6.45) is 5.94. The molecule has 0 aliphatic carbocycles. The number of aliphatic hydroxyl groups is 1. The van der Waals surface area contributed by atoms with Crippen molar-refractivity contribution in [3.8, 4) is 12.3 Å². The van der Waals surface area contributed by atoms with Crippen molar-refractivity contribution in [3.05, 3.63) is 35.9 Å². The second-order valence-corrected chi connectivity index (χ2v) is 2.67. The van der Waals surface area contributed by atoms with Crippen LogP contribution in [-0.2, 0) is 0 Å². The van der Waals surface area contributed by atoms with Crippen molar-refractivity contribution in [2.45, 2.75) is 18.9 Å². The summed E-state index contributed by atoms with van der Waals surface area (Å²) in [6, 6.07) is 9.56. The highest BCUT2D eigenvalue weighted by Gasteiger charge is 2.04. The van der Waals surface area contributed by atoms with Gasteiger partial charge in [0, 0.05) is 6.42 Å². The molecule has 1 rings (SSSR count). The van der Waals surface area contributed by atoms with Gasteiger partial charge < -0.3 is 5.11 Å². The topological polar surface area (TPSA) is 20.2 Å². The molecule has 1 aromatic carbocycles. The Morgan fingerprint density at radius 3 is 2.58 bits per heavy atom. The fraction of sp³-hybridized carbons (Fsp3) is 0.273. The van der Waals surface area contributed by atoms with E-state index in [4.69, 9.17) is 6.42 Å². The second-order valence-electron chi connectivity index (χ2n) is 2.67. The van der Waals surface area contributed by atoms with Crippen LogP contribution < -0.4 is 0 Å². The van der Waals surface area contributed by atoms with E-state index in [1.54, 1.807) is 0 Å². The van der Waals surface area contributed by atoms with Crippen LogP contribution in [-0.4, -0.2) is 5.11 Å². The van der Waals surface area contributed by atoms with Crippen LogP contribution in [0.3, 0.4) is 0 Å². The lowest BCUT2D eigenvalue weighted by Gasteiger charge is -2.07. The van der Waals surface area contributed by atoms with Crippen LogP contribution in [0.2, 0.25) is 0 Å². The molecule has 0 heterocycles. The molecule has 1 aromatic rings. The van der Waals surface area contributed by atoms with Gasteiger partial charge in [-0.3, -0.25) is 0 Å². The number of benzene rings is 1. The second kappa shape index (κ2) is 4.58. The summed E-state index contributed by atoms with van der Waals surface area (Å²) >= 11 is 0. The smallest absolute Gasteiger partial charge is 0.0799 e. The van der Waals surface area contributed by atoms with Crippen molar-refractivity contribution in [2.75, 3.05) is 0 Å². The van der Waals surface area contributed by atoms with Crippen molar-refractivity contribution < 1.29 is 5.11 Å². The summed E-state index contributed by atoms with van der Waals surface area (Å²) in [5.41, 5.74) is 0.938. The molecule has 0 bridgehead atoms. The molecule has 0 amide bonds. The molecule has 0 aliphatic heterocycles. The van der Waals surface area contributed by atoms with Crippen molar-refractivity contribution in [2.24, 2.45) is 0 Å². The highest BCUT2D eigenvalue weighted by molar-refractivity contribution is 5.17. The predicted molar refractivity (Wildman–Crippen MR) is 49.5 cm³/mol. The Balaban J connectivity index is 2.55. The summed E-state index contributed by atoms with van der Waals surface area (Å²) < 4.78 is 0. The lowest BCUT2D eigenvalue weighted by molar-refractivity contribution is 0.169. The molecular formula is C11H12O. The zero-order valence-corrected chi connectivity index (χ0v) is 6.90. The van der Waals surface area contributed by atoms with Gasteiger partial charge >= 0.3 is 0 Å². The lowest BCUT2D eigenvalue weighted by atomic mass is 10.1. The molecule has 0 fully saturated rings. The van der Waals surface area contributed by atoms with Gasteiger partial charge in [-0.15, -0.1) is 12.3 Å². The van der Waals surface area contributed by atoms with Gasteiger partial charge in [-0.2, -0.15) is 0 Å². The maximum Gasteiger partial charge on any atom is 0.0799 e. The molecule has 1 heteroatoms. The number of rotatable bonds is 3. The van der Waals surface area contributed by atoms with Gasteiger partial charge in [-0.25, -0.2) is 0 Å². The summed E-state index contributed by atoms with van der Waals surface area (Å²) in [6.45, 7) is 0. The Morgan fingerprint density at radius 1 is 1.33 bits per heavy atom. The molecular weight excluding hydrogens is 148 g/mol. The van der Waals surface area contributed by atoms with Gasteiger partial charge in [0.15, 0.2) is 0 Å². The summed E-state index contributed by atoms with van der Waals surface area (Å²) in [4.78, 5) is 0. The van der Waals surface area contributed by atoms with E-state index in [-0.39, 0.29) is 0 Å². The average Bonchev–Trinajstić information content (AvgIpc) is 2.15. The third-order valence-corrected chi connectivity index (χ3v) is 1.75. The van der Waals surface area contributed by atoms with Crippen molar-refractivity contribution in [1.29, 1.82) is 0 Å². The molecule has 62 valence electrons. The minimum absolute atomic E-state index is 0.415. The summed E-state index contributed by atoms with van der Waals surface area (Å²) in [7, 11) is 0. The van der Waals surface area contributed by atoms with Crippen molar-refractivity contribution in [3.63, 3.8) is 0 Å². The Labute approximate surface area is 73.0 Å². The monoisotopic (exact) mass is 160 g/mol. The number of hydrogen-bond acceptors (Lipinski definition) is 1. The first-order valence-corrected chi connectivity index (χ1v) is 4.01. The van der Waals surface area contributed by atoms with E-state index in [2.05, 4.69) is 5.92 Å². The van der Waals surface area contributed by atoms with Crippen LogP contribution >= 0.6 is 0 Å². The summed E-state index contributed by atoms with van der Waals surface area (Å²) in [5, 5.41) is 9.56. The van der Waals surface area contributed by atoms with E-state index in [9.17, 15) is 5.11 Å². The fourth-order valence-corrected chi connectivity index (χ4v) is 1.06.